The van der Waals surface area contributed by atoms with E-state index < -0.39 is 0 Å². The van der Waals surface area contributed by atoms with Crippen LogP contribution in [-0.2, 0) is 0 Å². The van der Waals surface area contributed by atoms with Crippen molar-refractivity contribution in [1.82, 2.24) is 5.43 Å². The van der Waals surface area contributed by atoms with Gasteiger partial charge in [0.25, 0.3) is 0 Å². The maximum Gasteiger partial charge on any atom is 0.0442 e. The molecular formula is C8H16N2. The van der Waals surface area contributed by atoms with E-state index in [1.54, 1.807) is 0 Å². The molecule has 1 unspecified atom stereocenters. The van der Waals surface area contributed by atoms with E-state index >= 15 is 0 Å². The Kier molecular flexibility index (Phi) is 2.46. The third-order valence-electron chi connectivity index (χ3n) is 2.33. The zero-order chi connectivity index (χ0) is 7.56. The molecule has 1 rings (SSSR count). The molecule has 2 heteroatoms. The Morgan fingerprint density at radius 3 is 2.40 bits per heavy atom. The van der Waals surface area contributed by atoms with Crippen LogP contribution in [0.5, 0.6) is 0 Å². The Balaban J connectivity index is 2.39. The number of hydrazine groups is 1. The summed E-state index contributed by atoms with van der Waals surface area (Å²) in [7, 11) is 0. The zero-order valence-corrected chi connectivity index (χ0v) is 6.56. The summed E-state index contributed by atoms with van der Waals surface area (Å²) >= 11 is 0. The highest BCUT2D eigenvalue weighted by molar-refractivity contribution is 5.05. The lowest BCUT2D eigenvalue weighted by Gasteiger charge is -2.33. The van der Waals surface area contributed by atoms with E-state index in [0.29, 0.717) is 6.04 Å². The van der Waals surface area contributed by atoms with Crippen LogP contribution in [0.4, 0.5) is 0 Å². The molecule has 1 saturated carbocycles. The SMILES string of the molecule is C=C(C)C(NN)C1CCC1. The van der Waals surface area contributed by atoms with Gasteiger partial charge in [-0.3, -0.25) is 11.3 Å². The van der Waals surface area contributed by atoms with Gasteiger partial charge in [-0.15, -0.1) is 0 Å². The molecule has 3 N–H and O–H groups in total. The maximum absolute atomic E-state index is 5.37. The fraction of sp³-hybridized carbons (Fsp3) is 0.750. The van der Waals surface area contributed by atoms with E-state index in [1.807, 2.05) is 6.92 Å². The van der Waals surface area contributed by atoms with Crippen molar-refractivity contribution in [2.75, 3.05) is 0 Å². The normalized spacial score (nSPS) is 21.8. The Labute approximate surface area is 62.5 Å². The third-order valence-corrected chi connectivity index (χ3v) is 2.33. The highest BCUT2D eigenvalue weighted by atomic mass is 15.2. The highest BCUT2D eigenvalue weighted by Gasteiger charge is 2.26. The van der Waals surface area contributed by atoms with Gasteiger partial charge in [0.2, 0.25) is 0 Å². The molecule has 1 aliphatic rings. The molecule has 1 fully saturated rings. The smallest absolute Gasteiger partial charge is 0.0442 e. The summed E-state index contributed by atoms with van der Waals surface area (Å²) in [5.74, 6) is 6.13. The van der Waals surface area contributed by atoms with Gasteiger partial charge in [-0.25, -0.2) is 0 Å². The Bertz CT molecular complexity index is 127. The van der Waals surface area contributed by atoms with E-state index in [9.17, 15) is 0 Å². The topological polar surface area (TPSA) is 38.0 Å². The number of rotatable bonds is 3. The maximum atomic E-state index is 5.37. The molecule has 0 amide bonds. The second-order valence-corrected chi connectivity index (χ2v) is 3.18. The average molecular weight is 140 g/mol. The molecule has 0 heterocycles. The van der Waals surface area contributed by atoms with Gasteiger partial charge in [0.1, 0.15) is 0 Å². The van der Waals surface area contributed by atoms with Gasteiger partial charge in [0.15, 0.2) is 0 Å². The first-order valence-corrected chi connectivity index (χ1v) is 3.87. The van der Waals surface area contributed by atoms with E-state index in [1.165, 1.54) is 19.3 Å². The first kappa shape index (κ1) is 7.76. The second kappa shape index (κ2) is 3.17. The molecule has 0 bridgehead atoms. The average Bonchev–Trinajstić information content (AvgIpc) is 1.76. The fourth-order valence-corrected chi connectivity index (χ4v) is 1.45. The summed E-state index contributed by atoms with van der Waals surface area (Å²) in [5.41, 5.74) is 3.96. The molecule has 0 aliphatic heterocycles. The third kappa shape index (κ3) is 1.39. The molecular weight excluding hydrogens is 124 g/mol. The van der Waals surface area contributed by atoms with Crippen molar-refractivity contribution in [3.63, 3.8) is 0 Å². The van der Waals surface area contributed by atoms with Crippen molar-refractivity contribution in [3.05, 3.63) is 12.2 Å². The monoisotopic (exact) mass is 140 g/mol. The van der Waals surface area contributed by atoms with Crippen LogP contribution in [0.1, 0.15) is 26.2 Å². The lowest BCUT2D eigenvalue weighted by Crippen LogP contribution is -2.43. The Morgan fingerprint density at radius 1 is 1.70 bits per heavy atom. The minimum atomic E-state index is 0.355. The van der Waals surface area contributed by atoms with Crippen molar-refractivity contribution in [1.29, 1.82) is 0 Å². The molecule has 0 saturated heterocycles. The number of nitrogens with one attached hydrogen (secondary N) is 1. The lowest BCUT2D eigenvalue weighted by atomic mass is 9.78. The van der Waals surface area contributed by atoms with Crippen molar-refractivity contribution in [3.8, 4) is 0 Å². The number of nitrogens with two attached hydrogens (primary N) is 1. The van der Waals surface area contributed by atoms with Crippen molar-refractivity contribution in [2.24, 2.45) is 11.8 Å². The van der Waals surface area contributed by atoms with Gasteiger partial charge in [-0.1, -0.05) is 18.6 Å². The van der Waals surface area contributed by atoms with Crippen LogP contribution in [0.25, 0.3) is 0 Å². The summed E-state index contributed by atoms with van der Waals surface area (Å²) in [6.45, 7) is 5.92. The predicted octanol–water partition coefficient (Wildman–Crippen LogP) is 1.19. The van der Waals surface area contributed by atoms with Crippen LogP contribution in [0.15, 0.2) is 12.2 Å². The van der Waals surface area contributed by atoms with Crippen molar-refractivity contribution < 1.29 is 0 Å². The van der Waals surface area contributed by atoms with Crippen LogP contribution < -0.4 is 11.3 Å². The van der Waals surface area contributed by atoms with Gasteiger partial charge in [-0.05, 0) is 25.7 Å². The van der Waals surface area contributed by atoms with Gasteiger partial charge >= 0.3 is 0 Å². The van der Waals surface area contributed by atoms with Gasteiger partial charge < -0.3 is 0 Å². The standard InChI is InChI=1S/C8H16N2/c1-6(2)8(10-9)7-4-3-5-7/h7-8,10H,1,3-5,9H2,2H3. The summed E-state index contributed by atoms with van der Waals surface area (Å²) in [6.07, 6.45) is 3.97. The predicted molar refractivity (Wildman–Crippen MR) is 43.3 cm³/mol. The Morgan fingerprint density at radius 2 is 2.30 bits per heavy atom. The van der Waals surface area contributed by atoms with Gasteiger partial charge in [0.05, 0.1) is 0 Å². The van der Waals surface area contributed by atoms with E-state index in [4.69, 9.17) is 5.84 Å². The zero-order valence-electron chi connectivity index (χ0n) is 6.56. The lowest BCUT2D eigenvalue weighted by molar-refractivity contribution is 0.253. The number of hydrogen-bond acceptors (Lipinski definition) is 2. The van der Waals surface area contributed by atoms with Crippen molar-refractivity contribution in [2.45, 2.75) is 32.2 Å². The van der Waals surface area contributed by atoms with Crippen LogP contribution in [0.3, 0.4) is 0 Å². The van der Waals surface area contributed by atoms with Crippen LogP contribution >= 0.6 is 0 Å². The van der Waals surface area contributed by atoms with E-state index in [-0.39, 0.29) is 0 Å². The van der Waals surface area contributed by atoms with Gasteiger partial charge in [-0.2, -0.15) is 0 Å². The molecule has 0 aromatic heterocycles. The molecule has 10 heavy (non-hydrogen) atoms. The summed E-state index contributed by atoms with van der Waals surface area (Å²) < 4.78 is 0. The van der Waals surface area contributed by atoms with Crippen molar-refractivity contribution >= 4 is 0 Å². The van der Waals surface area contributed by atoms with Gasteiger partial charge in [0, 0.05) is 6.04 Å². The quantitative estimate of drug-likeness (QED) is 0.351. The highest BCUT2D eigenvalue weighted by Crippen LogP contribution is 2.31. The van der Waals surface area contributed by atoms with Crippen LogP contribution in [0, 0.1) is 5.92 Å². The fourth-order valence-electron chi connectivity index (χ4n) is 1.45. The molecule has 0 spiro atoms. The number of hydrogen-bond donors (Lipinski definition) is 2. The van der Waals surface area contributed by atoms with Crippen LogP contribution in [-0.4, -0.2) is 6.04 Å². The molecule has 2 nitrogen and oxygen atoms in total. The van der Waals surface area contributed by atoms with E-state index in [2.05, 4.69) is 12.0 Å². The molecule has 1 atom stereocenters. The van der Waals surface area contributed by atoms with Crippen LogP contribution in [0.2, 0.25) is 0 Å². The molecule has 0 radical (unpaired) electrons. The summed E-state index contributed by atoms with van der Waals surface area (Å²) in [4.78, 5) is 0. The first-order valence-electron chi connectivity index (χ1n) is 3.87. The summed E-state index contributed by atoms with van der Waals surface area (Å²) in [5, 5.41) is 0. The summed E-state index contributed by atoms with van der Waals surface area (Å²) in [6, 6.07) is 0.355. The minimum absolute atomic E-state index is 0.355. The molecule has 58 valence electrons. The largest absolute Gasteiger partial charge is 0.271 e. The molecule has 0 aromatic carbocycles. The van der Waals surface area contributed by atoms with E-state index in [0.717, 1.165) is 11.5 Å². The first-order chi connectivity index (χ1) is 4.75. The second-order valence-electron chi connectivity index (χ2n) is 3.18. The Hall–Kier alpha value is -0.340. The molecule has 0 aromatic rings. The molecule has 1 aliphatic carbocycles. The minimum Gasteiger partial charge on any atom is -0.271 e.